The molecule has 1 atom stereocenters. The monoisotopic (exact) mass is 248 g/mol. The number of ether oxygens (including phenoxy) is 1. The second-order valence-corrected chi connectivity index (χ2v) is 4.96. The number of hydrogen-bond donors (Lipinski definition) is 1. The van der Waals surface area contributed by atoms with E-state index in [2.05, 4.69) is 29.3 Å². The summed E-state index contributed by atoms with van der Waals surface area (Å²) in [4.78, 5) is 2.53. The van der Waals surface area contributed by atoms with Gasteiger partial charge in [-0.3, -0.25) is 4.90 Å². The summed E-state index contributed by atoms with van der Waals surface area (Å²) in [5, 5.41) is 3.60. The molecule has 3 heteroatoms. The van der Waals surface area contributed by atoms with Gasteiger partial charge in [0, 0.05) is 24.7 Å². The fourth-order valence-corrected chi connectivity index (χ4v) is 2.57. The van der Waals surface area contributed by atoms with E-state index in [-0.39, 0.29) is 0 Å². The first-order valence-corrected chi connectivity index (χ1v) is 6.91. The smallest absolute Gasteiger partial charge is 0.123 e. The predicted molar refractivity (Wildman–Crippen MR) is 75.0 cm³/mol. The van der Waals surface area contributed by atoms with Crippen LogP contribution in [0.5, 0.6) is 5.75 Å². The quantitative estimate of drug-likeness (QED) is 0.884. The molecule has 3 nitrogen and oxygen atoms in total. The van der Waals surface area contributed by atoms with Crippen LogP contribution in [-0.2, 0) is 6.54 Å². The minimum absolute atomic E-state index is 0.627. The van der Waals surface area contributed by atoms with Crippen molar-refractivity contribution in [2.75, 3.05) is 26.7 Å². The molecular weight excluding hydrogens is 224 g/mol. The second kappa shape index (κ2) is 6.76. The molecule has 1 aromatic rings. The van der Waals surface area contributed by atoms with E-state index in [1.165, 1.54) is 24.9 Å². The lowest BCUT2D eigenvalue weighted by molar-refractivity contribution is 0.253. The molecule has 0 bridgehead atoms. The molecule has 1 aliphatic rings. The molecule has 0 spiro atoms. The minimum atomic E-state index is 0.627. The highest BCUT2D eigenvalue weighted by Gasteiger charge is 2.17. The summed E-state index contributed by atoms with van der Waals surface area (Å²) in [6.45, 7) is 6.68. The summed E-state index contributed by atoms with van der Waals surface area (Å²) in [6.07, 6.45) is 2.42. The SMILES string of the molecule is CCC1CN(Cc2ccccc2OC)CCCN1. The van der Waals surface area contributed by atoms with Crippen molar-refractivity contribution >= 4 is 0 Å². The summed E-state index contributed by atoms with van der Waals surface area (Å²) in [7, 11) is 1.75. The lowest BCUT2D eigenvalue weighted by Gasteiger charge is -2.24. The number of methoxy groups -OCH3 is 1. The summed E-state index contributed by atoms with van der Waals surface area (Å²) in [5.41, 5.74) is 1.29. The number of nitrogens with zero attached hydrogens (tertiary/aromatic N) is 1. The van der Waals surface area contributed by atoms with Crippen LogP contribution in [0.25, 0.3) is 0 Å². The van der Waals surface area contributed by atoms with Crippen molar-refractivity contribution in [1.82, 2.24) is 10.2 Å². The molecule has 18 heavy (non-hydrogen) atoms. The van der Waals surface area contributed by atoms with E-state index in [9.17, 15) is 0 Å². The molecule has 0 aliphatic carbocycles. The highest BCUT2D eigenvalue weighted by molar-refractivity contribution is 5.33. The first-order chi connectivity index (χ1) is 8.83. The van der Waals surface area contributed by atoms with Crippen molar-refractivity contribution in [2.45, 2.75) is 32.4 Å². The summed E-state index contributed by atoms with van der Waals surface area (Å²) < 4.78 is 5.43. The van der Waals surface area contributed by atoms with Crippen LogP contribution in [0.4, 0.5) is 0 Å². The van der Waals surface area contributed by atoms with E-state index < -0.39 is 0 Å². The van der Waals surface area contributed by atoms with Crippen molar-refractivity contribution in [2.24, 2.45) is 0 Å². The van der Waals surface area contributed by atoms with Gasteiger partial charge >= 0.3 is 0 Å². The van der Waals surface area contributed by atoms with Crippen molar-refractivity contribution in [3.63, 3.8) is 0 Å². The predicted octanol–water partition coefficient (Wildman–Crippen LogP) is 2.27. The Morgan fingerprint density at radius 2 is 2.22 bits per heavy atom. The van der Waals surface area contributed by atoms with Gasteiger partial charge in [0.1, 0.15) is 5.75 Å². The van der Waals surface area contributed by atoms with Gasteiger partial charge in [-0.05, 0) is 32.0 Å². The van der Waals surface area contributed by atoms with Crippen LogP contribution < -0.4 is 10.1 Å². The van der Waals surface area contributed by atoms with E-state index in [4.69, 9.17) is 4.74 Å². The van der Waals surface area contributed by atoms with Gasteiger partial charge in [-0.1, -0.05) is 25.1 Å². The number of rotatable bonds is 4. The van der Waals surface area contributed by atoms with Gasteiger partial charge in [0.25, 0.3) is 0 Å². The van der Waals surface area contributed by atoms with Crippen LogP contribution >= 0.6 is 0 Å². The van der Waals surface area contributed by atoms with Gasteiger partial charge in [0.2, 0.25) is 0 Å². The normalized spacial score (nSPS) is 21.6. The highest BCUT2D eigenvalue weighted by atomic mass is 16.5. The first-order valence-electron chi connectivity index (χ1n) is 6.91. The Labute approximate surface area is 110 Å². The van der Waals surface area contributed by atoms with Gasteiger partial charge in [-0.2, -0.15) is 0 Å². The molecule has 1 aromatic carbocycles. The maximum Gasteiger partial charge on any atom is 0.123 e. The molecule has 1 unspecified atom stereocenters. The fraction of sp³-hybridized carbons (Fsp3) is 0.600. The Hall–Kier alpha value is -1.06. The molecule has 0 saturated carbocycles. The van der Waals surface area contributed by atoms with E-state index >= 15 is 0 Å². The third-order valence-corrected chi connectivity index (χ3v) is 3.64. The zero-order valence-electron chi connectivity index (χ0n) is 11.5. The molecular formula is C15H24N2O. The van der Waals surface area contributed by atoms with E-state index in [0.29, 0.717) is 6.04 Å². The van der Waals surface area contributed by atoms with E-state index in [1.54, 1.807) is 7.11 Å². The number of para-hydroxylation sites is 1. The number of benzene rings is 1. The molecule has 1 N–H and O–H groups in total. The van der Waals surface area contributed by atoms with Crippen LogP contribution in [0.3, 0.4) is 0 Å². The third kappa shape index (κ3) is 3.47. The van der Waals surface area contributed by atoms with Crippen molar-refractivity contribution < 1.29 is 4.74 Å². The van der Waals surface area contributed by atoms with Gasteiger partial charge < -0.3 is 10.1 Å². The van der Waals surface area contributed by atoms with Crippen LogP contribution in [0, 0.1) is 0 Å². The number of hydrogen-bond acceptors (Lipinski definition) is 3. The minimum Gasteiger partial charge on any atom is -0.496 e. The second-order valence-electron chi connectivity index (χ2n) is 4.96. The molecule has 100 valence electrons. The Balaban J connectivity index is 2.02. The summed E-state index contributed by atoms with van der Waals surface area (Å²) >= 11 is 0. The Morgan fingerprint density at radius 1 is 1.39 bits per heavy atom. The van der Waals surface area contributed by atoms with Gasteiger partial charge in [-0.15, -0.1) is 0 Å². The molecule has 0 amide bonds. The van der Waals surface area contributed by atoms with Crippen LogP contribution in [0.15, 0.2) is 24.3 Å². The molecule has 1 heterocycles. The van der Waals surface area contributed by atoms with Gasteiger partial charge in [0.15, 0.2) is 0 Å². The largest absolute Gasteiger partial charge is 0.496 e. The maximum absolute atomic E-state index is 5.43. The Kier molecular flexibility index (Phi) is 5.02. The van der Waals surface area contributed by atoms with Crippen molar-refractivity contribution in [3.8, 4) is 5.75 Å². The number of nitrogens with one attached hydrogen (secondary N) is 1. The standard InChI is InChI=1S/C15H24N2O/c1-3-14-12-17(10-6-9-16-14)11-13-7-4-5-8-15(13)18-2/h4-5,7-8,14,16H,3,6,9-12H2,1-2H3. The lowest BCUT2D eigenvalue weighted by atomic mass is 10.1. The van der Waals surface area contributed by atoms with Crippen LogP contribution in [0.1, 0.15) is 25.3 Å². The molecule has 1 aliphatic heterocycles. The topological polar surface area (TPSA) is 24.5 Å². The van der Waals surface area contributed by atoms with Crippen molar-refractivity contribution in [1.29, 1.82) is 0 Å². The van der Waals surface area contributed by atoms with Crippen molar-refractivity contribution in [3.05, 3.63) is 29.8 Å². The average Bonchev–Trinajstić information content (AvgIpc) is 2.64. The van der Waals surface area contributed by atoms with Crippen LogP contribution in [-0.4, -0.2) is 37.7 Å². The molecule has 2 rings (SSSR count). The Bertz CT molecular complexity index is 367. The zero-order valence-corrected chi connectivity index (χ0v) is 11.5. The average molecular weight is 248 g/mol. The lowest BCUT2D eigenvalue weighted by Crippen LogP contribution is -2.36. The molecule has 0 radical (unpaired) electrons. The summed E-state index contributed by atoms with van der Waals surface area (Å²) in [6, 6.07) is 8.95. The Morgan fingerprint density at radius 3 is 3.00 bits per heavy atom. The maximum atomic E-state index is 5.43. The van der Waals surface area contributed by atoms with E-state index in [0.717, 1.165) is 25.4 Å². The third-order valence-electron chi connectivity index (χ3n) is 3.64. The molecule has 1 saturated heterocycles. The molecule has 1 fully saturated rings. The van der Waals surface area contributed by atoms with Gasteiger partial charge in [0.05, 0.1) is 7.11 Å². The van der Waals surface area contributed by atoms with E-state index in [1.807, 2.05) is 12.1 Å². The first kappa shape index (κ1) is 13.4. The zero-order chi connectivity index (χ0) is 12.8. The summed E-state index contributed by atoms with van der Waals surface area (Å²) in [5.74, 6) is 1.00. The van der Waals surface area contributed by atoms with Crippen LogP contribution in [0.2, 0.25) is 0 Å². The fourth-order valence-electron chi connectivity index (χ4n) is 2.57. The molecule has 0 aromatic heterocycles. The van der Waals surface area contributed by atoms with Gasteiger partial charge in [-0.25, -0.2) is 0 Å². The highest BCUT2D eigenvalue weighted by Crippen LogP contribution is 2.20.